The molecule has 29 heavy (non-hydrogen) atoms. The van der Waals surface area contributed by atoms with E-state index in [0.717, 1.165) is 5.57 Å². The van der Waals surface area contributed by atoms with Gasteiger partial charge in [0.15, 0.2) is 17.2 Å². The fraction of sp³-hybridized carbons (Fsp3) is 0.696. The van der Waals surface area contributed by atoms with Crippen molar-refractivity contribution in [3.05, 3.63) is 23.8 Å². The van der Waals surface area contributed by atoms with Crippen LogP contribution in [0, 0.1) is 28.6 Å². The number of ether oxygens (including phenoxy) is 1. The Bertz CT molecular complexity index is 831. The van der Waals surface area contributed by atoms with Crippen LogP contribution in [0.2, 0.25) is 0 Å². The Hall–Kier alpha value is -1.82. The molecule has 0 aromatic carbocycles. The number of hydrogen-bond acceptors (Lipinski definition) is 5. The molecule has 3 fully saturated rings. The SMILES string of the molecule is CC(=O)OCC(=O)[C@H]1CC[C@H]2[C@@H]3CCC4=CC(=O)C=C[C@]4(C)C3(F)[C@@H](O)C[C@]12C. The van der Waals surface area contributed by atoms with E-state index in [2.05, 4.69) is 0 Å². The standard InChI is InChI=1S/C23H29FO5/c1-13(25)29-12-19(27)18-7-6-16-17-5-4-14-10-15(26)8-9-22(14,3)23(17,24)20(28)11-21(16,18)2/h8-10,16-18,20,28H,4-7,11-12H2,1-3H3/t16-,17-,18+,20-,21-,22-,23?/m0/s1. The van der Waals surface area contributed by atoms with Crippen LogP contribution in [0.4, 0.5) is 4.39 Å². The van der Waals surface area contributed by atoms with Gasteiger partial charge >= 0.3 is 5.97 Å². The third-order valence-corrected chi connectivity index (χ3v) is 8.44. The lowest BCUT2D eigenvalue weighted by molar-refractivity contribution is -0.196. The number of carbonyl (C=O) groups excluding carboxylic acids is 3. The van der Waals surface area contributed by atoms with E-state index in [1.807, 2.05) is 6.92 Å². The molecule has 0 amide bonds. The Labute approximate surface area is 170 Å². The first-order valence-corrected chi connectivity index (χ1v) is 10.5. The molecule has 0 saturated heterocycles. The lowest BCUT2D eigenvalue weighted by atomic mass is 9.45. The van der Waals surface area contributed by atoms with Gasteiger partial charge in [-0.3, -0.25) is 14.4 Å². The molecule has 0 radical (unpaired) electrons. The number of ketones is 2. The van der Waals surface area contributed by atoms with E-state index >= 15 is 4.39 Å². The van der Waals surface area contributed by atoms with Crippen LogP contribution in [-0.4, -0.2) is 41.0 Å². The van der Waals surface area contributed by atoms with Crippen molar-refractivity contribution < 1.29 is 28.6 Å². The van der Waals surface area contributed by atoms with E-state index in [4.69, 9.17) is 4.74 Å². The molecule has 4 aliphatic carbocycles. The summed E-state index contributed by atoms with van der Waals surface area (Å²) in [5, 5.41) is 11.1. The maximum atomic E-state index is 16.8. The van der Waals surface area contributed by atoms with E-state index in [-0.39, 0.29) is 42.3 Å². The molecule has 4 rings (SSSR count). The fourth-order valence-electron chi connectivity index (χ4n) is 7.01. The normalized spacial score (nSPS) is 45.7. The molecular weight excluding hydrogens is 375 g/mol. The molecule has 0 aliphatic heterocycles. The monoisotopic (exact) mass is 404 g/mol. The summed E-state index contributed by atoms with van der Waals surface area (Å²) in [6.45, 7) is 4.78. The molecule has 1 N–H and O–H groups in total. The Morgan fingerprint density at radius 1 is 1.24 bits per heavy atom. The number of aliphatic hydroxyl groups excluding tert-OH is 1. The summed E-state index contributed by atoms with van der Waals surface area (Å²) < 4.78 is 21.8. The van der Waals surface area contributed by atoms with Gasteiger partial charge < -0.3 is 9.84 Å². The predicted octanol–water partition coefficient (Wildman–Crippen LogP) is 3.11. The summed E-state index contributed by atoms with van der Waals surface area (Å²) in [6.07, 6.45) is 6.04. The van der Waals surface area contributed by atoms with E-state index < -0.39 is 28.6 Å². The van der Waals surface area contributed by atoms with Crippen molar-refractivity contribution in [3.63, 3.8) is 0 Å². The second-order valence-electron chi connectivity index (χ2n) is 9.73. The largest absolute Gasteiger partial charge is 0.458 e. The van der Waals surface area contributed by atoms with Crippen molar-refractivity contribution >= 4 is 17.5 Å². The maximum absolute atomic E-state index is 16.8. The molecule has 0 heterocycles. The first-order chi connectivity index (χ1) is 13.5. The highest BCUT2D eigenvalue weighted by molar-refractivity contribution is 6.01. The van der Waals surface area contributed by atoms with E-state index in [9.17, 15) is 19.5 Å². The van der Waals surface area contributed by atoms with Crippen LogP contribution in [-0.2, 0) is 19.1 Å². The minimum absolute atomic E-state index is 0.0356. The van der Waals surface area contributed by atoms with Crippen LogP contribution in [0.25, 0.3) is 0 Å². The molecule has 3 saturated carbocycles. The zero-order chi connectivity index (χ0) is 21.2. The van der Waals surface area contributed by atoms with Crippen molar-refractivity contribution in [2.24, 2.45) is 28.6 Å². The van der Waals surface area contributed by atoms with Crippen molar-refractivity contribution in [3.8, 4) is 0 Å². The Kier molecular flexibility index (Phi) is 4.65. The van der Waals surface area contributed by atoms with Gasteiger partial charge in [-0.1, -0.05) is 18.6 Å². The zero-order valence-electron chi connectivity index (χ0n) is 17.2. The van der Waals surface area contributed by atoms with Crippen molar-refractivity contribution in [1.82, 2.24) is 0 Å². The topological polar surface area (TPSA) is 80.7 Å². The number of rotatable bonds is 3. The van der Waals surface area contributed by atoms with Gasteiger partial charge in [0.05, 0.1) is 6.10 Å². The molecule has 7 atom stereocenters. The van der Waals surface area contributed by atoms with Gasteiger partial charge in [-0.2, -0.15) is 0 Å². The van der Waals surface area contributed by atoms with E-state index in [1.54, 1.807) is 13.0 Å². The molecule has 5 nitrogen and oxygen atoms in total. The highest BCUT2D eigenvalue weighted by Crippen LogP contribution is 2.68. The molecule has 158 valence electrons. The highest BCUT2D eigenvalue weighted by Gasteiger charge is 2.70. The summed E-state index contributed by atoms with van der Waals surface area (Å²) in [6, 6.07) is 0. The van der Waals surface area contributed by atoms with Crippen LogP contribution in [0.1, 0.15) is 52.9 Å². The number of halogens is 1. The van der Waals surface area contributed by atoms with Crippen LogP contribution in [0.15, 0.2) is 23.8 Å². The van der Waals surface area contributed by atoms with Crippen molar-refractivity contribution in [1.29, 1.82) is 0 Å². The molecule has 6 heteroatoms. The number of esters is 1. The summed E-state index contributed by atoms with van der Waals surface area (Å²) in [5.41, 5.74) is -2.65. The van der Waals surface area contributed by atoms with Gasteiger partial charge in [0, 0.05) is 24.2 Å². The van der Waals surface area contributed by atoms with Gasteiger partial charge in [0.25, 0.3) is 0 Å². The number of fused-ring (bicyclic) bond motifs is 5. The third-order valence-electron chi connectivity index (χ3n) is 8.44. The van der Waals surface area contributed by atoms with Gasteiger partial charge in [-0.05, 0) is 62.5 Å². The summed E-state index contributed by atoms with van der Waals surface area (Å²) >= 11 is 0. The van der Waals surface area contributed by atoms with Gasteiger partial charge in [0.2, 0.25) is 0 Å². The highest BCUT2D eigenvalue weighted by atomic mass is 19.1. The maximum Gasteiger partial charge on any atom is 0.303 e. The molecular formula is C23H29FO5. The number of Topliss-reactive ketones (excluding diaryl/α,β-unsaturated/α-hetero) is 1. The van der Waals surface area contributed by atoms with Gasteiger partial charge in [-0.25, -0.2) is 4.39 Å². The minimum atomic E-state index is -1.87. The molecule has 1 unspecified atom stereocenters. The molecule has 4 aliphatic rings. The first kappa shape index (κ1) is 20.5. The quantitative estimate of drug-likeness (QED) is 0.731. The number of allylic oxidation sites excluding steroid dienone is 4. The number of aliphatic hydroxyl groups is 1. The first-order valence-electron chi connectivity index (χ1n) is 10.5. The summed E-state index contributed by atoms with van der Waals surface area (Å²) in [4.78, 5) is 35.7. The average Bonchev–Trinajstić information content (AvgIpc) is 2.98. The zero-order valence-corrected chi connectivity index (χ0v) is 17.2. The second-order valence-corrected chi connectivity index (χ2v) is 9.73. The van der Waals surface area contributed by atoms with Crippen LogP contribution in [0.3, 0.4) is 0 Å². The molecule has 0 aromatic rings. The van der Waals surface area contributed by atoms with Crippen molar-refractivity contribution in [2.45, 2.75) is 64.6 Å². The van der Waals surface area contributed by atoms with Gasteiger partial charge in [-0.15, -0.1) is 0 Å². The summed E-state index contributed by atoms with van der Waals surface area (Å²) in [7, 11) is 0. The number of alkyl halides is 1. The van der Waals surface area contributed by atoms with Crippen LogP contribution < -0.4 is 0 Å². The molecule has 0 bridgehead atoms. The number of hydrogen-bond donors (Lipinski definition) is 1. The summed E-state index contributed by atoms with van der Waals surface area (Å²) in [5.74, 6) is -1.54. The molecule has 0 spiro atoms. The third kappa shape index (κ3) is 2.71. The average molecular weight is 404 g/mol. The lowest BCUT2D eigenvalue weighted by Gasteiger charge is -2.62. The van der Waals surface area contributed by atoms with Gasteiger partial charge in [0.1, 0.15) is 6.61 Å². The van der Waals surface area contributed by atoms with Crippen molar-refractivity contribution in [2.75, 3.05) is 6.61 Å². The molecule has 0 aromatic heterocycles. The fourth-order valence-corrected chi connectivity index (χ4v) is 7.01. The Morgan fingerprint density at radius 2 is 1.97 bits per heavy atom. The number of carbonyl (C=O) groups is 3. The smallest absolute Gasteiger partial charge is 0.303 e. The van der Waals surface area contributed by atoms with E-state index in [0.29, 0.717) is 25.7 Å². The van der Waals surface area contributed by atoms with E-state index in [1.165, 1.54) is 19.1 Å². The predicted molar refractivity (Wildman–Crippen MR) is 103 cm³/mol. The minimum Gasteiger partial charge on any atom is -0.458 e. The Balaban J connectivity index is 1.67. The van der Waals surface area contributed by atoms with Crippen LogP contribution in [0.5, 0.6) is 0 Å². The van der Waals surface area contributed by atoms with Crippen LogP contribution >= 0.6 is 0 Å². The Morgan fingerprint density at radius 3 is 2.66 bits per heavy atom. The second kappa shape index (κ2) is 6.59. The lowest BCUT2D eigenvalue weighted by Crippen LogP contribution is -2.66.